The van der Waals surface area contributed by atoms with Gasteiger partial charge < -0.3 is 4.74 Å². The number of morpholine rings is 1. The van der Waals surface area contributed by atoms with Gasteiger partial charge in [-0.1, -0.05) is 0 Å². The standard InChI is InChI=1S/C9H12N4O3S/c14-17(15,12-1-3-16-4-2-12)13-7-8-5-10-6-9(8)11-13/h5,7H,1-4,6H2. The molecule has 7 nitrogen and oxygen atoms in total. The van der Waals surface area contributed by atoms with Crippen molar-refractivity contribution in [2.24, 2.45) is 4.99 Å². The summed E-state index contributed by atoms with van der Waals surface area (Å²) in [7, 11) is -3.54. The molecule has 0 aliphatic carbocycles. The van der Waals surface area contributed by atoms with Gasteiger partial charge in [0.05, 0.1) is 31.6 Å². The number of hydrogen-bond acceptors (Lipinski definition) is 5. The molecule has 0 saturated carbocycles. The third-order valence-electron chi connectivity index (χ3n) is 2.81. The van der Waals surface area contributed by atoms with E-state index in [-0.39, 0.29) is 0 Å². The van der Waals surface area contributed by atoms with Gasteiger partial charge in [-0.2, -0.15) is 21.9 Å². The minimum atomic E-state index is -3.54. The SMILES string of the molecule is O=S(=O)(N1CCOCC1)n1cc2c(n1)CN=C2. The normalized spacial score (nSPS) is 20.7. The molecule has 1 aromatic heterocycles. The first-order valence-corrected chi connectivity index (χ1v) is 6.74. The summed E-state index contributed by atoms with van der Waals surface area (Å²) in [6.45, 7) is 2.08. The zero-order valence-electron chi connectivity index (χ0n) is 9.11. The molecule has 2 aliphatic heterocycles. The first-order chi connectivity index (χ1) is 8.18. The average Bonchev–Trinajstić information content (AvgIpc) is 2.90. The first kappa shape index (κ1) is 10.9. The summed E-state index contributed by atoms with van der Waals surface area (Å²) in [4.78, 5) is 4.02. The number of aliphatic imine (C=N–C) groups is 1. The van der Waals surface area contributed by atoms with Crippen LogP contribution in [0.5, 0.6) is 0 Å². The van der Waals surface area contributed by atoms with E-state index in [0.717, 1.165) is 9.65 Å². The summed E-state index contributed by atoms with van der Waals surface area (Å²) in [6, 6.07) is 0. The second kappa shape index (κ2) is 3.90. The highest BCUT2D eigenvalue weighted by Gasteiger charge is 2.28. The molecule has 1 aromatic rings. The van der Waals surface area contributed by atoms with Crippen LogP contribution in [0.4, 0.5) is 0 Å². The predicted octanol–water partition coefficient (Wildman–Crippen LogP) is -0.759. The lowest BCUT2D eigenvalue weighted by Crippen LogP contribution is -2.43. The molecule has 0 amide bonds. The van der Waals surface area contributed by atoms with Gasteiger partial charge in [0.25, 0.3) is 0 Å². The molecule has 0 spiro atoms. The monoisotopic (exact) mass is 256 g/mol. The summed E-state index contributed by atoms with van der Waals surface area (Å²) in [5.74, 6) is 0. The molecule has 0 aromatic carbocycles. The maximum atomic E-state index is 12.2. The number of nitrogens with zero attached hydrogens (tertiary/aromatic N) is 4. The molecule has 0 atom stereocenters. The number of fused-ring (bicyclic) bond motifs is 1. The van der Waals surface area contributed by atoms with E-state index in [1.807, 2.05) is 0 Å². The number of rotatable bonds is 2. The Morgan fingerprint density at radius 3 is 2.76 bits per heavy atom. The van der Waals surface area contributed by atoms with Gasteiger partial charge >= 0.3 is 10.2 Å². The largest absolute Gasteiger partial charge is 0.379 e. The molecule has 3 rings (SSSR count). The Balaban J connectivity index is 1.93. The summed E-state index contributed by atoms with van der Waals surface area (Å²) in [5.41, 5.74) is 1.49. The van der Waals surface area contributed by atoms with Crippen LogP contribution in [0.2, 0.25) is 0 Å². The van der Waals surface area contributed by atoms with E-state index in [1.165, 1.54) is 10.5 Å². The third-order valence-corrected chi connectivity index (χ3v) is 4.48. The second-order valence-electron chi connectivity index (χ2n) is 3.89. The Hall–Kier alpha value is -1.25. The van der Waals surface area contributed by atoms with Crippen molar-refractivity contribution in [1.29, 1.82) is 0 Å². The second-order valence-corrected chi connectivity index (χ2v) is 5.68. The highest BCUT2D eigenvalue weighted by Crippen LogP contribution is 2.15. The Bertz CT molecular complexity index is 557. The van der Waals surface area contributed by atoms with E-state index in [1.54, 1.807) is 6.21 Å². The molecule has 17 heavy (non-hydrogen) atoms. The molecule has 92 valence electrons. The van der Waals surface area contributed by atoms with Gasteiger partial charge in [-0.3, -0.25) is 4.99 Å². The molecule has 0 N–H and O–H groups in total. The molecule has 0 bridgehead atoms. The van der Waals surface area contributed by atoms with Gasteiger partial charge in [0.1, 0.15) is 0 Å². The topological polar surface area (TPSA) is 76.8 Å². The summed E-state index contributed by atoms with van der Waals surface area (Å²) < 4.78 is 32.0. The van der Waals surface area contributed by atoms with E-state index < -0.39 is 10.2 Å². The molecule has 2 aliphatic rings. The number of aromatic nitrogens is 2. The van der Waals surface area contributed by atoms with Crippen LogP contribution in [0, 0.1) is 0 Å². The van der Waals surface area contributed by atoms with Gasteiger partial charge in [-0.25, -0.2) is 0 Å². The summed E-state index contributed by atoms with van der Waals surface area (Å²) >= 11 is 0. The predicted molar refractivity (Wildman–Crippen MR) is 60.2 cm³/mol. The van der Waals surface area contributed by atoms with Gasteiger partial charge in [-0.05, 0) is 0 Å². The van der Waals surface area contributed by atoms with Crippen molar-refractivity contribution in [3.05, 3.63) is 17.5 Å². The fraction of sp³-hybridized carbons (Fsp3) is 0.556. The molecule has 1 fully saturated rings. The Kier molecular flexibility index (Phi) is 2.49. The van der Waals surface area contributed by atoms with Crippen molar-refractivity contribution in [2.45, 2.75) is 6.54 Å². The zero-order valence-corrected chi connectivity index (χ0v) is 9.93. The van der Waals surface area contributed by atoms with E-state index in [2.05, 4.69) is 10.1 Å². The fourth-order valence-electron chi connectivity index (χ4n) is 1.87. The van der Waals surface area contributed by atoms with Crippen LogP contribution in [0.15, 0.2) is 11.2 Å². The Morgan fingerprint density at radius 1 is 1.29 bits per heavy atom. The van der Waals surface area contributed by atoms with Crippen molar-refractivity contribution in [1.82, 2.24) is 13.5 Å². The van der Waals surface area contributed by atoms with E-state index >= 15 is 0 Å². The zero-order chi connectivity index (χ0) is 11.9. The molecule has 1 saturated heterocycles. The minimum Gasteiger partial charge on any atom is -0.379 e. The first-order valence-electron chi connectivity index (χ1n) is 5.35. The van der Waals surface area contributed by atoms with Crippen LogP contribution < -0.4 is 0 Å². The van der Waals surface area contributed by atoms with Crippen LogP contribution in [0.25, 0.3) is 0 Å². The smallest absolute Gasteiger partial charge is 0.323 e. The van der Waals surface area contributed by atoms with Gasteiger partial charge in [0.2, 0.25) is 0 Å². The lowest BCUT2D eigenvalue weighted by atomic mass is 10.3. The summed E-state index contributed by atoms with van der Waals surface area (Å²) in [6.07, 6.45) is 3.16. The van der Waals surface area contributed by atoms with Crippen molar-refractivity contribution in [2.75, 3.05) is 26.3 Å². The average molecular weight is 256 g/mol. The maximum Gasteiger partial charge on any atom is 0.323 e. The van der Waals surface area contributed by atoms with Crippen LogP contribution in [0.3, 0.4) is 0 Å². The van der Waals surface area contributed by atoms with Crippen LogP contribution >= 0.6 is 0 Å². The molecular weight excluding hydrogens is 244 g/mol. The molecule has 8 heteroatoms. The third kappa shape index (κ3) is 1.78. The van der Waals surface area contributed by atoms with Crippen LogP contribution in [0.1, 0.15) is 11.3 Å². The summed E-state index contributed by atoms with van der Waals surface area (Å²) in [5, 5.41) is 4.06. The number of hydrogen-bond donors (Lipinski definition) is 0. The Labute approximate surface area is 98.9 Å². The van der Waals surface area contributed by atoms with Gasteiger partial charge in [-0.15, -0.1) is 0 Å². The molecule has 3 heterocycles. The molecule has 0 unspecified atom stereocenters. The van der Waals surface area contributed by atoms with Crippen molar-refractivity contribution >= 4 is 16.4 Å². The quantitative estimate of drug-likeness (QED) is 0.697. The van der Waals surface area contributed by atoms with Crippen LogP contribution in [-0.2, 0) is 21.5 Å². The van der Waals surface area contributed by atoms with Crippen molar-refractivity contribution in [3.8, 4) is 0 Å². The van der Waals surface area contributed by atoms with E-state index in [0.29, 0.717) is 38.5 Å². The van der Waals surface area contributed by atoms with Crippen molar-refractivity contribution in [3.63, 3.8) is 0 Å². The van der Waals surface area contributed by atoms with Gasteiger partial charge in [0, 0.05) is 24.9 Å². The number of ether oxygens (including phenoxy) is 1. The molecule has 0 radical (unpaired) electrons. The highest BCUT2D eigenvalue weighted by atomic mass is 32.2. The fourth-order valence-corrected chi connectivity index (χ4v) is 3.17. The van der Waals surface area contributed by atoms with Gasteiger partial charge in [0.15, 0.2) is 0 Å². The highest BCUT2D eigenvalue weighted by molar-refractivity contribution is 7.87. The van der Waals surface area contributed by atoms with Crippen LogP contribution in [-0.4, -0.2) is 54.4 Å². The van der Waals surface area contributed by atoms with Crippen molar-refractivity contribution < 1.29 is 13.2 Å². The van der Waals surface area contributed by atoms with E-state index in [9.17, 15) is 8.42 Å². The lowest BCUT2D eigenvalue weighted by Gasteiger charge is -2.25. The van der Waals surface area contributed by atoms with E-state index in [4.69, 9.17) is 4.74 Å². The molecular formula is C9H12N4O3S. The lowest BCUT2D eigenvalue weighted by molar-refractivity contribution is 0.0724. The maximum absolute atomic E-state index is 12.2. The Morgan fingerprint density at radius 2 is 2.06 bits per heavy atom. The minimum absolute atomic E-state index is 0.376.